The molecule has 14 heteroatoms. The summed E-state index contributed by atoms with van der Waals surface area (Å²) in [5.41, 5.74) is 0.643. The van der Waals surface area contributed by atoms with Gasteiger partial charge in [0.05, 0.1) is 39.3 Å². The minimum Gasteiger partial charge on any atom is -0.505 e. The SMILES string of the molecule is Cc1c(-c2cc(N3C(=O)C4CC5C(=CCC6C(=O)N(c7cccc(C(=O)O)c7)C(=O)C65)C(c5cccc(F)c5O)C4(C)C3=O)n(C)n2)sc2ccc(Cl)cc12. The van der Waals surface area contributed by atoms with Crippen molar-refractivity contribution in [2.24, 2.45) is 36.1 Å². The maximum Gasteiger partial charge on any atom is 0.335 e. The topological polar surface area (TPSA) is 150 Å². The third-order valence-corrected chi connectivity index (χ3v) is 13.7. The van der Waals surface area contributed by atoms with Crippen molar-refractivity contribution in [1.82, 2.24) is 9.78 Å². The Morgan fingerprint density at radius 1 is 0.982 bits per heavy atom. The molecule has 6 unspecified atom stereocenters. The van der Waals surface area contributed by atoms with Gasteiger partial charge < -0.3 is 10.2 Å². The Kier molecular flexibility index (Phi) is 7.76. The summed E-state index contributed by atoms with van der Waals surface area (Å²) in [5.74, 6) is -9.29. The largest absolute Gasteiger partial charge is 0.505 e. The zero-order chi connectivity index (χ0) is 38.8. The van der Waals surface area contributed by atoms with Crippen molar-refractivity contribution >= 4 is 74.1 Å². The number of hydrogen-bond donors (Lipinski definition) is 2. The number of carbonyl (C=O) groups excluding carboxylic acids is 4. The van der Waals surface area contributed by atoms with Crippen LogP contribution in [-0.2, 0) is 26.2 Å². The Bertz CT molecular complexity index is 2620. The number of aromatic nitrogens is 2. The lowest BCUT2D eigenvalue weighted by atomic mass is 9.51. The molecule has 0 spiro atoms. The number of anilines is 2. The predicted octanol–water partition coefficient (Wildman–Crippen LogP) is 7.24. The molecule has 9 rings (SSSR count). The molecular formula is C41H32ClFN4O7S. The molecule has 4 heterocycles. The number of amides is 4. The fraction of sp³-hybridized carbons (Fsp3) is 0.268. The number of nitrogens with zero attached hydrogens (tertiary/aromatic N) is 4. The molecule has 5 aromatic rings. The molecule has 0 bridgehead atoms. The van der Waals surface area contributed by atoms with E-state index in [0.717, 1.165) is 36.4 Å². The molecule has 2 saturated heterocycles. The van der Waals surface area contributed by atoms with Gasteiger partial charge in [-0.3, -0.25) is 28.8 Å². The number of allylic oxidation sites excluding steroid dienone is 2. The molecule has 2 N–H and O–H groups in total. The quantitative estimate of drug-likeness (QED) is 0.140. The van der Waals surface area contributed by atoms with Crippen molar-refractivity contribution in [3.63, 3.8) is 0 Å². The number of hydrogen-bond acceptors (Lipinski definition) is 8. The standard InChI is InChI=1S/C41H32ClFN4O7S/c1-18-25-15-20(42)10-13-30(25)55-35(18)29-17-31(45(3)44-29)47-37(50)27-16-26-22(33(41(27,2)40(47)54)24-8-5-9-28(43)34(24)48)11-12-23-32(26)38(51)46(36(23)49)21-7-4-6-19(14-21)39(52)53/h4-11,13-15,17,23,26-27,32-33,48H,12,16H2,1-3H3,(H,52,53). The van der Waals surface area contributed by atoms with Gasteiger partial charge in [0, 0.05) is 34.3 Å². The number of aromatic hydroxyl groups is 1. The highest BCUT2D eigenvalue weighted by Gasteiger charge is 2.68. The summed E-state index contributed by atoms with van der Waals surface area (Å²) in [6.07, 6.45) is 1.93. The molecule has 278 valence electrons. The van der Waals surface area contributed by atoms with Gasteiger partial charge in [-0.25, -0.2) is 14.1 Å². The summed E-state index contributed by atoms with van der Waals surface area (Å²) in [4.78, 5) is 72.9. The number of aromatic carboxylic acids is 1. The van der Waals surface area contributed by atoms with Crippen LogP contribution in [0.2, 0.25) is 5.02 Å². The van der Waals surface area contributed by atoms with Gasteiger partial charge in [0.15, 0.2) is 11.6 Å². The number of phenols is 1. The minimum atomic E-state index is -1.53. The van der Waals surface area contributed by atoms with E-state index < -0.39 is 76.2 Å². The average Bonchev–Trinajstić information content (AvgIpc) is 3.83. The molecule has 2 aliphatic carbocycles. The number of carbonyl (C=O) groups is 5. The van der Waals surface area contributed by atoms with E-state index in [1.807, 2.05) is 25.1 Å². The summed E-state index contributed by atoms with van der Waals surface area (Å²) in [7, 11) is 1.64. The van der Waals surface area contributed by atoms with Crippen LogP contribution >= 0.6 is 22.9 Å². The second kappa shape index (κ2) is 12.2. The first kappa shape index (κ1) is 35.1. The summed E-state index contributed by atoms with van der Waals surface area (Å²) in [6.45, 7) is 3.61. The number of para-hydroxylation sites is 1. The highest BCUT2D eigenvalue weighted by atomic mass is 35.5. The van der Waals surface area contributed by atoms with Gasteiger partial charge >= 0.3 is 5.97 Å². The van der Waals surface area contributed by atoms with E-state index >= 15 is 9.18 Å². The summed E-state index contributed by atoms with van der Waals surface area (Å²) in [5, 5.41) is 27.1. The number of carboxylic acid groups (broad SMARTS) is 1. The lowest BCUT2D eigenvalue weighted by Gasteiger charge is -2.49. The van der Waals surface area contributed by atoms with Gasteiger partial charge in [0.2, 0.25) is 23.6 Å². The second-order valence-corrected chi connectivity index (χ2v) is 16.4. The fourth-order valence-corrected chi connectivity index (χ4v) is 10.9. The molecule has 4 aliphatic rings. The fourth-order valence-electron chi connectivity index (χ4n) is 9.59. The van der Waals surface area contributed by atoms with Crippen LogP contribution in [0.15, 0.2) is 78.4 Å². The molecule has 3 aromatic carbocycles. The van der Waals surface area contributed by atoms with Crippen molar-refractivity contribution in [2.75, 3.05) is 9.80 Å². The Balaban J connectivity index is 1.15. The molecular weight excluding hydrogens is 747 g/mol. The van der Waals surface area contributed by atoms with Gasteiger partial charge in [-0.05, 0) is 86.0 Å². The summed E-state index contributed by atoms with van der Waals surface area (Å²) >= 11 is 7.80. The molecule has 55 heavy (non-hydrogen) atoms. The first-order valence-electron chi connectivity index (χ1n) is 17.7. The number of benzene rings is 3. The number of halogens is 2. The molecule has 11 nitrogen and oxygen atoms in total. The third kappa shape index (κ3) is 4.85. The van der Waals surface area contributed by atoms with Crippen LogP contribution in [0.5, 0.6) is 5.75 Å². The molecule has 6 atom stereocenters. The Morgan fingerprint density at radius 3 is 2.51 bits per heavy atom. The van der Waals surface area contributed by atoms with Gasteiger partial charge in [-0.1, -0.05) is 41.4 Å². The van der Waals surface area contributed by atoms with E-state index in [2.05, 4.69) is 0 Å². The summed E-state index contributed by atoms with van der Waals surface area (Å²) < 4.78 is 17.6. The van der Waals surface area contributed by atoms with E-state index in [0.29, 0.717) is 16.3 Å². The predicted molar refractivity (Wildman–Crippen MR) is 202 cm³/mol. The normalized spacial score (nSPS) is 26.1. The van der Waals surface area contributed by atoms with Crippen LogP contribution < -0.4 is 9.80 Å². The monoisotopic (exact) mass is 778 g/mol. The number of rotatable bonds is 5. The second-order valence-electron chi connectivity index (χ2n) is 14.9. The number of carboxylic acids is 1. The first-order valence-corrected chi connectivity index (χ1v) is 18.9. The zero-order valence-corrected chi connectivity index (χ0v) is 31.2. The highest BCUT2D eigenvalue weighted by Crippen LogP contribution is 2.64. The van der Waals surface area contributed by atoms with Crippen LogP contribution in [0.1, 0.15) is 47.2 Å². The number of fused-ring (bicyclic) bond motifs is 5. The van der Waals surface area contributed by atoms with Crippen molar-refractivity contribution in [3.05, 3.63) is 106 Å². The maximum absolute atomic E-state index is 15.2. The molecule has 2 aliphatic heterocycles. The van der Waals surface area contributed by atoms with Crippen LogP contribution in [0.25, 0.3) is 20.7 Å². The lowest BCUT2D eigenvalue weighted by Crippen LogP contribution is -2.49. The van der Waals surface area contributed by atoms with E-state index in [4.69, 9.17) is 16.7 Å². The Hall–Kier alpha value is -5.66. The molecule has 3 fully saturated rings. The Labute approximate surface area is 322 Å². The average molecular weight is 779 g/mol. The number of imide groups is 2. The van der Waals surface area contributed by atoms with Crippen LogP contribution in [0.3, 0.4) is 0 Å². The molecule has 0 radical (unpaired) electrons. The van der Waals surface area contributed by atoms with Crippen molar-refractivity contribution in [3.8, 4) is 16.3 Å². The maximum atomic E-state index is 15.2. The van der Waals surface area contributed by atoms with Gasteiger partial charge in [-0.2, -0.15) is 5.10 Å². The van der Waals surface area contributed by atoms with Crippen LogP contribution in [0.4, 0.5) is 15.9 Å². The van der Waals surface area contributed by atoms with E-state index in [1.54, 1.807) is 26.1 Å². The summed E-state index contributed by atoms with van der Waals surface area (Å²) in [6, 6.07) is 16.9. The number of phenolic OH excluding ortho intramolecular Hbond substituents is 1. The number of thiophene rings is 1. The lowest BCUT2D eigenvalue weighted by molar-refractivity contribution is -0.131. The minimum absolute atomic E-state index is 0.0278. The van der Waals surface area contributed by atoms with Crippen molar-refractivity contribution in [2.45, 2.75) is 32.6 Å². The van der Waals surface area contributed by atoms with Crippen molar-refractivity contribution < 1.29 is 38.6 Å². The van der Waals surface area contributed by atoms with E-state index in [-0.39, 0.29) is 35.5 Å². The van der Waals surface area contributed by atoms with Gasteiger partial charge in [-0.15, -0.1) is 11.3 Å². The zero-order valence-electron chi connectivity index (χ0n) is 29.6. The van der Waals surface area contributed by atoms with Gasteiger partial charge in [0.25, 0.3) is 0 Å². The van der Waals surface area contributed by atoms with E-state index in [1.165, 1.54) is 52.4 Å². The molecule has 1 saturated carbocycles. The van der Waals surface area contributed by atoms with Crippen molar-refractivity contribution in [1.29, 1.82) is 0 Å². The molecule has 2 aromatic heterocycles. The highest BCUT2D eigenvalue weighted by molar-refractivity contribution is 7.22. The first-order chi connectivity index (χ1) is 26.2. The Morgan fingerprint density at radius 2 is 1.75 bits per heavy atom. The third-order valence-electron chi connectivity index (χ3n) is 12.2. The van der Waals surface area contributed by atoms with E-state index in [9.17, 15) is 29.4 Å². The molecule has 4 amide bonds. The smallest absolute Gasteiger partial charge is 0.335 e. The number of aryl methyl sites for hydroxylation is 2. The van der Waals surface area contributed by atoms with Crippen LogP contribution in [-0.4, -0.2) is 49.6 Å². The van der Waals surface area contributed by atoms with Crippen LogP contribution in [0, 0.1) is 41.8 Å². The van der Waals surface area contributed by atoms with Gasteiger partial charge in [0.1, 0.15) is 11.5 Å².